The number of rotatable bonds is 8. The van der Waals surface area contributed by atoms with Crippen molar-refractivity contribution in [3.63, 3.8) is 0 Å². The highest BCUT2D eigenvalue weighted by Crippen LogP contribution is 2.18. The molecule has 1 rings (SSSR count). The lowest BCUT2D eigenvalue weighted by Gasteiger charge is -2.12. The lowest BCUT2D eigenvalue weighted by atomic mass is 10.00. The highest BCUT2D eigenvalue weighted by molar-refractivity contribution is 5.97. The smallest absolute Gasteiger partial charge is 0.341 e. The Morgan fingerprint density at radius 1 is 1.14 bits per heavy atom. The van der Waals surface area contributed by atoms with Crippen molar-refractivity contribution in [2.24, 2.45) is 5.92 Å². The molecule has 0 heterocycles. The van der Waals surface area contributed by atoms with Gasteiger partial charge in [-0.15, -0.1) is 0 Å². The Morgan fingerprint density at radius 3 is 2.41 bits per heavy atom. The number of carbonyl (C=O) groups is 3. The van der Waals surface area contributed by atoms with E-state index < -0.39 is 17.9 Å². The third kappa shape index (κ3) is 4.87. The van der Waals surface area contributed by atoms with Gasteiger partial charge in [0.05, 0.1) is 20.8 Å². The normalized spacial score (nSPS) is 11.4. The number of methoxy groups -OCH3 is 2. The lowest BCUT2D eigenvalue weighted by molar-refractivity contribution is -0.149. The molecule has 6 heteroatoms. The van der Waals surface area contributed by atoms with E-state index in [2.05, 4.69) is 4.74 Å². The zero-order valence-corrected chi connectivity index (χ0v) is 13.0. The molecule has 0 aromatic heterocycles. The molecule has 0 spiro atoms. The van der Waals surface area contributed by atoms with Crippen molar-refractivity contribution >= 4 is 17.7 Å². The molecular weight excluding hydrogens is 288 g/mol. The third-order valence-corrected chi connectivity index (χ3v) is 3.17. The Hall–Kier alpha value is -2.37. The van der Waals surface area contributed by atoms with E-state index in [1.165, 1.54) is 21.1 Å². The van der Waals surface area contributed by atoms with Crippen LogP contribution in [0.1, 0.15) is 30.1 Å². The summed E-state index contributed by atoms with van der Waals surface area (Å²) in [5.41, 5.74) is 0.334. The second-order valence-electron chi connectivity index (χ2n) is 4.66. The summed E-state index contributed by atoms with van der Waals surface area (Å²) in [4.78, 5) is 34.7. The molecule has 0 aliphatic rings. The Bertz CT molecular complexity index is 537. The summed E-state index contributed by atoms with van der Waals surface area (Å²) < 4.78 is 14.8. The van der Waals surface area contributed by atoms with Crippen LogP contribution in [0.15, 0.2) is 24.3 Å². The molecule has 0 aliphatic carbocycles. The summed E-state index contributed by atoms with van der Waals surface area (Å²) in [6.45, 7) is 1.44. The van der Waals surface area contributed by atoms with Gasteiger partial charge in [0, 0.05) is 0 Å². The van der Waals surface area contributed by atoms with E-state index in [4.69, 9.17) is 9.47 Å². The van der Waals surface area contributed by atoms with Gasteiger partial charge in [-0.1, -0.05) is 12.1 Å². The molecule has 120 valence electrons. The van der Waals surface area contributed by atoms with Crippen molar-refractivity contribution in [3.05, 3.63) is 29.8 Å². The van der Waals surface area contributed by atoms with E-state index in [1.807, 2.05) is 0 Å². The molecule has 0 bridgehead atoms. The van der Waals surface area contributed by atoms with E-state index in [1.54, 1.807) is 24.3 Å². The standard InChI is InChI=1S/C16H20O6/c1-11(17)12(15(18)21-3)8-6-10-22-16(19)13-7-4-5-9-14(13)20-2/h4-5,7,9,12H,6,8,10H2,1-3H3. The predicted molar refractivity (Wildman–Crippen MR) is 78.7 cm³/mol. The largest absolute Gasteiger partial charge is 0.496 e. The molecule has 1 unspecified atom stereocenters. The van der Waals surface area contributed by atoms with E-state index in [0.29, 0.717) is 17.7 Å². The van der Waals surface area contributed by atoms with Crippen molar-refractivity contribution in [3.8, 4) is 5.75 Å². The maximum atomic E-state index is 11.9. The first-order valence-corrected chi connectivity index (χ1v) is 6.89. The molecule has 0 fully saturated rings. The van der Waals surface area contributed by atoms with Crippen LogP contribution in [0.4, 0.5) is 0 Å². The van der Waals surface area contributed by atoms with Crippen molar-refractivity contribution in [1.82, 2.24) is 0 Å². The molecule has 1 atom stereocenters. The number of hydrogen-bond donors (Lipinski definition) is 0. The zero-order valence-electron chi connectivity index (χ0n) is 13.0. The maximum absolute atomic E-state index is 11.9. The minimum atomic E-state index is -0.810. The molecule has 0 radical (unpaired) electrons. The number of carbonyl (C=O) groups excluding carboxylic acids is 3. The van der Waals surface area contributed by atoms with Crippen LogP contribution in [0.3, 0.4) is 0 Å². The van der Waals surface area contributed by atoms with Gasteiger partial charge in [0.25, 0.3) is 0 Å². The summed E-state index contributed by atoms with van der Waals surface area (Å²) in [7, 11) is 2.71. The Labute approximate surface area is 129 Å². The SMILES string of the molecule is COC(=O)C(CCCOC(=O)c1ccccc1OC)C(C)=O. The molecule has 22 heavy (non-hydrogen) atoms. The number of esters is 2. The number of para-hydroxylation sites is 1. The molecule has 0 saturated carbocycles. The maximum Gasteiger partial charge on any atom is 0.341 e. The number of ketones is 1. The monoisotopic (exact) mass is 308 g/mol. The van der Waals surface area contributed by atoms with E-state index >= 15 is 0 Å². The van der Waals surface area contributed by atoms with Crippen molar-refractivity contribution in [1.29, 1.82) is 0 Å². The molecule has 0 saturated heterocycles. The van der Waals surface area contributed by atoms with Crippen LogP contribution in [-0.4, -0.2) is 38.5 Å². The predicted octanol–water partition coefficient (Wildman–Crippen LogP) is 2.01. The van der Waals surface area contributed by atoms with E-state index in [0.717, 1.165) is 0 Å². The van der Waals surface area contributed by atoms with Gasteiger partial charge in [-0.2, -0.15) is 0 Å². The quantitative estimate of drug-likeness (QED) is 0.415. The van der Waals surface area contributed by atoms with Gasteiger partial charge < -0.3 is 14.2 Å². The summed E-state index contributed by atoms with van der Waals surface area (Å²) in [6.07, 6.45) is 0.668. The van der Waals surface area contributed by atoms with Crippen LogP contribution in [0, 0.1) is 5.92 Å². The first-order chi connectivity index (χ1) is 10.5. The first-order valence-electron chi connectivity index (χ1n) is 6.89. The van der Waals surface area contributed by atoms with Gasteiger partial charge >= 0.3 is 11.9 Å². The van der Waals surface area contributed by atoms with Crippen molar-refractivity contribution in [2.45, 2.75) is 19.8 Å². The van der Waals surface area contributed by atoms with E-state index in [-0.39, 0.29) is 18.8 Å². The third-order valence-electron chi connectivity index (χ3n) is 3.17. The summed E-state index contributed by atoms with van der Waals surface area (Å²) in [5, 5.41) is 0. The fraction of sp³-hybridized carbons (Fsp3) is 0.438. The molecule has 0 N–H and O–H groups in total. The van der Waals surface area contributed by atoms with Crippen LogP contribution in [0.25, 0.3) is 0 Å². The second kappa shape index (κ2) is 8.81. The first kappa shape index (κ1) is 17.7. The second-order valence-corrected chi connectivity index (χ2v) is 4.66. The molecule has 0 aliphatic heterocycles. The molecule has 1 aromatic carbocycles. The van der Waals surface area contributed by atoms with Crippen molar-refractivity contribution < 1.29 is 28.6 Å². The van der Waals surface area contributed by atoms with Crippen LogP contribution < -0.4 is 4.74 Å². The fourth-order valence-electron chi connectivity index (χ4n) is 1.97. The Kier molecular flexibility index (Phi) is 7.08. The zero-order chi connectivity index (χ0) is 16.5. The Morgan fingerprint density at radius 2 is 1.82 bits per heavy atom. The summed E-state index contributed by atoms with van der Waals surface area (Å²) >= 11 is 0. The molecular formula is C16H20O6. The highest BCUT2D eigenvalue weighted by Gasteiger charge is 2.23. The molecule has 0 amide bonds. The number of benzene rings is 1. The number of ether oxygens (including phenoxy) is 3. The number of hydrogen-bond acceptors (Lipinski definition) is 6. The average molecular weight is 308 g/mol. The molecule has 6 nitrogen and oxygen atoms in total. The van der Waals surface area contributed by atoms with Gasteiger partial charge in [0.1, 0.15) is 23.0 Å². The van der Waals surface area contributed by atoms with Crippen LogP contribution in [0.2, 0.25) is 0 Å². The number of Topliss-reactive ketones (excluding diaryl/α,β-unsaturated/α-hetero) is 1. The van der Waals surface area contributed by atoms with Gasteiger partial charge in [-0.25, -0.2) is 4.79 Å². The summed E-state index contributed by atoms with van der Waals surface area (Å²) in [5.74, 6) is -1.71. The van der Waals surface area contributed by atoms with Crippen LogP contribution in [-0.2, 0) is 19.1 Å². The van der Waals surface area contributed by atoms with Crippen LogP contribution >= 0.6 is 0 Å². The topological polar surface area (TPSA) is 78.9 Å². The van der Waals surface area contributed by atoms with Gasteiger partial charge in [0.15, 0.2) is 0 Å². The van der Waals surface area contributed by atoms with E-state index in [9.17, 15) is 14.4 Å². The lowest BCUT2D eigenvalue weighted by Crippen LogP contribution is -2.23. The Balaban J connectivity index is 2.48. The summed E-state index contributed by atoms with van der Waals surface area (Å²) in [6, 6.07) is 6.74. The van der Waals surface area contributed by atoms with Crippen molar-refractivity contribution in [2.75, 3.05) is 20.8 Å². The highest BCUT2D eigenvalue weighted by atomic mass is 16.5. The minimum Gasteiger partial charge on any atom is -0.496 e. The fourth-order valence-corrected chi connectivity index (χ4v) is 1.97. The van der Waals surface area contributed by atoms with Gasteiger partial charge in [0.2, 0.25) is 0 Å². The average Bonchev–Trinajstić information content (AvgIpc) is 2.53. The van der Waals surface area contributed by atoms with Gasteiger partial charge in [-0.3, -0.25) is 9.59 Å². The molecule has 1 aromatic rings. The van der Waals surface area contributed by atoms with Crippen LogP contribution in [0.5, 0.6) is 5.75 Å². The minimum absolute atomic E-state index is 0.109. The van der Waals surface area contributed by atoms with Gasteiger partial charge in [-0.05, 0) is 31.9 Å².